The van der Waals surface area contributed by atoms with E-state index in [0.29, 0.717) is 34.8 Å². The molecule has 3 rings (SSSR count). The van der Waals surface area contributed by atoms with E-state index in [9.17, 15) is 4.79 Å². The van der Waals surface area contributed by atoms with Gasteiger partial charge < -0.3 is 14.9 Å². The topological polar surface area (TPSA) is 75.6 Å². The smallest absolute Gasteiger partial charge is 0.251 e. The van der Waals surface area contributed by atoms with Crippen LogP contribution in [0.1, 0.15) is 18.3 Å². The molecule has 0 unspecified atom stereocenters. The number of halogens is 2. The quantitative estimate of drug-likeness (QED) is 0.711. The van der Waals surface area contributed by atoms with Crippen LogP contribution >= 0.6 is 23.2 Å². The van der Waals surface area contributed by atoms with Crippen molar-refractivity contribution in [3.8, 4) is 11.4 Å². The van der Waals surface area contributed by atoms with Crippen LogP contribution < -0.4 is 10.9 Å². The summed E-state index contributed by atoms with van der Waals surface area (Å²) in [5.41, 5.74) is 2.28. The highest BCUT2D eigenvalue weighted by Gasteiger charge is 2.09. The van der Waals surface area contributed by atoms with Crippen molar-refractivity contribution in [2.24, 2.45) is 7.05 Å². The first-order chi connectivity index (χ1) is 12.0. The molecule has 2 N–H and O–H groups in total. The van der Waals surface area contributed by atoms with Crippen molar-refractivity contribution in [2.75, 3.05) is 5.32 Å². The largest absolute Gasteiger partial charge is 0.364 e. The van der Waals surface area contributed by atoms with Gasteiger partial charge in [0, 0.05) is 36.3 Å². The molecule has 0 spiro atoms. The summed E-state index contributed by atoms with van der Waals surface area (Å²) in [6, 6.07) is 7.01. The van der Waals surface area contributed by atoms with Crippen LogP contribution in [0.4, 0.5) is 5.82 Å². The van der Waals surface area contributed by atoms with Gasteiger partial charge in [0.15, 0.2) is 0 Å². The van der Waals surface area contributed by atoms with Crippen LogP contribution in [-0.4, -0.2) is 19.5 Å². The molecule has 0 bridgehead atoms. The molecule has 0 aliphatic rings. The number of anilines is 1. The van der Waals surface area contributed by atoms with E-state index in [-0.39, 0.29) is 5.56 Å². The number of aryl methyl sites for hydroxylation is 1. The Labute approximate surface area is 154 Å². The summed E-state index contributed by atoms with van der Waals surface area (Å²) < 4.78 is 1.82. The molecule has 0 saturated carbocycles. The molecule has 8 heteroatoms. The molecule has 0 aliphatic carbocycles. The molecule has 0 atom stereocenters. The van der Waals surface area contributed by atoms with Gasteiger partial charge in [-0.1, -0.05) is 30.1 Å². The maximum atomic E-state index is 11.7. The molecule has 3 heterocycles. The first-order valence-electron chi connectivity index (χ1n) is 7.78. The average Bonchev–Trinajstić information content (AvgIpc) is 2.86. The second-order valence-electron chi connectivity index (χ2n) is 5.56. The van der Waals surface area contributed by atoms with E-state index in [0.717, 1.165) is 17.0 Å². The minimum Gasteiger partial charge on any atom is -0.364 e. The molecule has 0 aromatic carbocycles. The van der Waals surface area contributed by atoms with E-state index in [4.69, 9.17) is 23.2 Å². The van der Waals surface area contributed by atoms with Crippen LogP contribution in [0.15, 0.2) is 35.3 Å². The molecule has 6 nitrogen and oxygen atoms in total. The SMILES string of the molecule is CCc1cc(=O)[nH]c(-c2ccc(NCc3cc(Cl)c(Cl)n3C)nc2)n1. The lowest BCUT2D eigenvalue weighted by molar-refractivity contribution is 0.841. The second kappa shape index (κ2) is 7.29. The fourth-order valence-electron chi connectivity index (χ4n) is 2.40. The first-order valence-corrected chi connectivity index (χ1v) is 8.53. The van der Waals surface area contributed by atoms with Gasteiger partial charge in [-0.05, 0) is 24.6 Å². The number of hydrogen-bond acceptors (Lipinski definition) is 4. The molecular weight excluding hydrogens is 361 g/mol. The van der Waals surface area contributed by atoms with Crippen LogP contribution in [0.25, 0.3) is 11.4 Å². The number of H-pyrrole nitrogens is 1. The third-order valence-electron chi connectivity index (χ3n) is 3.86. The third-order valence-corrected chi connectivity index (χ3v) is 4.70. The summed E-state index contributed by atoms with van der Waals surface area (Å²) in [6.07, 6.45) is 2.37. The zero-order valence-electron chi connectivity index (χ0n) is 13.8. The monoisotopic (exact) mass is 377 g/mol. The number of aromatic amines is 1. The summed E-state index contributed by atoms with van der Waals surface area (Å²) in [6.45, 7) is 2.49. The summed E-state index contributed by atoms with van der Waals surface area (Å²) in [7, 11) is 1.85. The minimum absolute atomic E-state index is 0.165. The van der Waals surface area contributed by atoms with E-state index in [1.54, 1.807) is 6.20 Å². The van der Waals surface area contributed by atoms with Crippen molar-refractivity contribution in [3.05, 3.63) is 62.4 Å². The molecule has 25 heavy (non-hydrogen) atoms. The van der Waals surface area contributed by atoms with Crippen LogP contribution in [0, 0.1) is 0 Å². The van der Waals surface area contributed by atoms with Gasteiger partial charge in [0.25, 0.3) is 5.56 Å². The van der Waals surface area contributed by atoms with Crippen LogP contribution in [0.3, 0.4) is 0 Å². The second-order valence-corrected chi connectivity index (χ2v) is 6.32. The Morgan fingerprint density at radius 1 is 1.28 bits per heavy atom. The maximum absolute atomic E-state index is 11.7. The van der Waals surface area contributed by atoms with E-state index in [2.05, 4.69) is 20.3 Å². The van der Waals surface area contributed by atoms with Crippen molar-refractivity contribution in [3.63, 3.8) is 0 Å². The number of nitrogens with one attached hydrogen (secondary N) is 2. The zero-order valence-corrected chi connectivity index (χ0v) is 15.3. The molecule has 3 aromatic heterocycles. The molecule has 0 fully saturated rings. The van der Waals surface area contributed by atoms with Crippen molar-refractivity contribution in [2.45, 2.75) is 19.9 Å². The highest BCUT2D eigenvalue weighted by Crippen LogP contribution is 2.25. The summed E-state index contributed by atoms with van der Waals surface area (Å²) in [5.74, 6) is 1.22. The number of aromatic nitrogens is 4. The van der Waals surface area contributed by atoms with Gasteiger partial charge in [-0.2, -0.15) is 0 Å². The predicted octanol–water partition coefficient (Wildman–Crippen LogP) is 3.65. The highest BCUT2D eigenvalue weighted by atomic mass is 35.5. The van der Waals surface area contributed by atoms with E-state index in [1.165, 1.54) is 6.07 Å². The molecule has 0 aliphatic heterocycles. The Bertz CT molecular complexity index is 947. The van der Waals surface area contributed by atoms with Gasteiger partial charge in [-0.3, -0.25) is 4.79 Å². The standard InChI is InChI=1S/C17H17Cl2N5O/c1-3-11-6-15(25)23-17(22-11)10-4-5-14(20-8-10)21-9-12-7-13(18)16(19)24(12)2/h4-8H,3,9H2,1-2H3,(H,20,21)(H,22,23,25). The molecule has 130 valence electrons. The van der Waals surface area contributed by atoms with E-state index in [1.807, 2.05) is 36.7 Å². The lowest BCUT2D eigenvalue weighted by Crippen LogP contribution is -2.10. The fourth-order valence-corrected chi connectivity index (χ4v) is 2.82. The molecule has 0 saturated heterocycles. The Morgan fingerprint density at radius 3 is 2.68 bits per heavy atom. The van der Waals surface area contributed by atoms with Gasteiger partial charge in [0.1, 0.15) is 16.8 Å². The van der Waals surface area contributed by atoms with Crippen molar-refractivity contribution in [1.82, 2.24) is 19.5 Å². The molecule has 3 aromatic rings. The Balaban J connectivity index is 1.75. The lowest BCUT2D eigenvalue weighted by atomic mass is 10.2. The van der Waals surface area contributed by atoms with Crippen LogP contribution in [0.2, 0.25) is 10.2 Å². The number of pyridine rings is 1. The van der Waals surface area contributed by atoms with Gasteiger partial charge in [0.05, 0.1) is 11.6 Å². The van der Waals surface area contributed by atoms with Gasteiger partial charge in [0.2, 0.25) is 0 Å². The van der Waals surface area contributed by atoms with Crippen molar-refractivity contribution >= 4 is 29.0 Å². The Hall–Kier alpha value is -2.31. The molecule has 0 amide bonds. The summed E-state index contributed by atoms with van der Waals surface area (Å²) in [4.78, 5) is 23.2. The number of nitrogens with zero attached hydrogens (tertiary/aromatic N) is 3. The minimum atomic E-state index is -0.165. The van der Waals surface area contributed by atoms with Crippen molar-refractivity contribution < 1.29 is 0 Å². The zero-order chi connectivity index (χ0) is 18.0. The first kappa shape index (κ1) is 17.5. The molecule has 0 radical (unpaired) electrons. The average molecular weight is 378 g/mol. The summed E-state index contributed by atoms with van der Waals surface area (Å²) in [5, 5.41) is 4.24. The van der Waals surface area contributed by atoms with Gasteiger partial charge in [-0.15, -0.1) is 0 Å². The third kappa shape index (κ3) is 3.86. The highest BCUT2D eigenvalue weighted by molar-refractivity contribution is 6.41. The van der Waals surface area contributed by atoms with Gasteiger partial charge in [-0.25, -0.2) is 9.97 Å². The van der Waals surface area contributed by atoms with E-state index < -0.39 is 0 Å². The normalized spacial score (nSPS) is 10.9. The van der Waals surface area contributed by atoms with Crippen LogP contribution in [-0.2, 0) is 20.0 Å². The predicted molar refractivity (Wildman–Crippen MR) is 100 cm³/mol. The Kier molecular flexibility index (Phi) is 5.11. The lowest BCUT2D eigenvalue weighted by Gasteiger charge is -2.08. The maximum Gasteiger partial charge on any atom is 0.251 e. The Morgan fingerprint density at radius 2 is 2.08 bits per heavy atom. The number of hydrogen-bond donors (Lipinski definition) is 2. The number of rotatable bonds is 5. The van der Waals surface area contributed by atoms with Crippen molar-refractivity contribution in [1.29, 1.82) is 0 Å². The van der Waals surface area contributed by atoms with Crippen LogP contribution in [0.5, 0.6) is 0 Å². The molecular formula is C17H17Cl2N5O. The fraction of sp³-hybridized carbons (Fsp3) is 0.235. The van der Waals surface area contributed by atoms with E-state index >= 15 is 0 Å². The van der Waals surface area contributed by atoms with Gasteiger partial charge >= 0.3 is 0 Å². The summed E-state index contributed by atoms with van der Waals surface area (Å²) >= 11 is 12.1.